The van der Waals surface area contributed by atoms with Gasteiger partial charge in [0, 0.05) is 100 Å². The number of hydrogen-bond acceptors (Lipinski definition) is 14. The lowest BCUT2D eigenvalue weighted by molar-refractivity contribution is -0.150. The van der Waals surface area contributed by atoms with Gasteiger partial charge in [0.15, 0.2) is 11.6 Å². The van der Waals surface area contributed by atoms with Gasteiger partial charge in [0.1, 0.15) is 42.3 Å². The van der Waals surface area contributed by atoms with E-state index >= 15 is 14.4 Å². The number of aliphatic hydroxyl groups is 1. The standard InChI is InChI=1S/C79H109N11O14/c1-50(2)42-62-77(102)86(11)60(44-55-30-20-15-21-31-55)65(92)38-39-68(95)85(10)63(46-57-34-24-17-25-35-57)76(101)84(9)53(6)72(97)82-71(54(7)91)73(98)80-59(48-69(96)83(8)49-67(94)81-70(51(3)4)79(104)89(62)14)75(100)88(13)64(47-58-36-26-18-27-37-58)78(103)87(12)61(45-56-32-22-16-23-33-56)66(93)43-52(5)74(99)90-40-28-19-29-41-90/h15-18,20-27,30-37,50-54,59-64,70-71,91H,19,28-29,38-49H2,1-14H3,(H,80,98)(H,81,94)(H,82,97)/t52-,53+,54-,59+,60+,61+,62+,63+,64+,70+,71+/m1/s1. The molecule has 0 spiro atoms. The number of benzene rings is 4. The van der Waals surface area contributed by atoms with E-state index in [1.807, 2.05) is 13.8 Å². The van der Waals surface area contributed by atoms with Gasteiger partial charge in [-0.25, -0.2) is 0 Å². The lowest BCUT2D eigenvalue weighted by Gasteiger charge is -2.37. The predicted octanol–water partition coefficient (Wildman–Crippen LogP) is 4.30. The quantitative estimate of drug-likeness (QED) is 0.0960. The molecule has 0 aliphatic carbocycles. The average molecular weight is 1440 g/mol. The highest BCUT2D eigenvalue weighted by molar-refractivity contribution is 6.01. The largest absolute Gasteiger partial charge is 0.391 e. The molecule has 25 heteroatoms. The predicted molar refractivity (Wildman–Crippen MR) is 393 cm³/mol. The minimum atomic E-state index is -1.93. The smallest absolute Gasteiger partial charge is 0.246 e. The number of likely N-dealkylation sites (N-methyl/N-ethyl adjacent to an activating group) is 7. The molecule has 25 nitrogen and oxygen atoms in total. The summed E-state index contributed by atoms with van der Waals surface area (Å²) >= 11 is 0. The van der Waals surface area contributed by atoms with Crippen molar-refractivity contribution < 1.29 is 67.4 Å². The number of nitrogens with zero attached hydrogens (tertiary/aromatic N) is 8. The summed E-state index contributed by atoms with van der Waals surface area (Å²) in [5.74, 6) is -10.9. The third-order valence-electron chi connectivity index (χ3n) is 20.1. The van der Waals surface area contributed by atoms with Gasteiger partial charge in [-0.1, -0.05) is 156 Å². The first-order valence-electron chi connectivity index (χ1n) is 36.1. The molecule has 4 aromatic rings. The Hall–Kier alpha value is -9.65. The van der Waals surface area contributed by atoms with Crippen LogP contribution < -0.4 is 16.0 Å². The molecule has 4 N–H and O–H groups in total. The highest BCUT2D eigenvalue weighted by Gasteiger charge is 2.43. The fourth-order valence-corrected chi connectivity index (χ4v) is 13.3. The van der Waals surface area contributed by atoms with E-state index in [1.165, 1.54) is 82.8 Å². The van der Waals surface area contributed by atoms with Crippen molar-refractivity contribution >= 4 is 76.5 Å². The molecule has 2 heterocycles. The van der Waals surface area contributed by atoms with E-state index in [4.69, 9.17) is 0 Å². The van der Waals surface area contributed by atoms with Crippen LogP contribution in [0.1, 0.15) is 122 Å². The number of likely N-dealkylation sites (tertiary alicyclic amines) is 1. The number of amides is 11. The third-order valence-corrected chi connectivity index (χ3v) is 20.1. The number of piperidine rings is 1. The Balaban J connectivity index is 1.43. The van der Waals surface area contributed by atoms with Gasteiger partial charge in [-0.3, -0.25) is 62.3 Å². The first-order valence-corrected chi connectivity index (χ1v) is 36.1. The van der Waals surface area contributed by atoms with Gasteiger partial charge in [-0.15, -0.1) is 0 Å². The molecule has 0 aromatic heterocycles. The van der Waals surface area contributed by atoms with Crippen molar-refractivity contribution in [2.75, 3.05) is 69.0 Å². The molecule has 2 aliphatic rings. The molecule has 4 aromatic carbocycles. The second-order valence-corrected chi connectivity index (χ2v) is 28.8. The number of hydrogen-bond donors (Lipinski definition) is 4. The van der Waals surface area contributed by atoms with E-state index in [1.54, 1.807) is 147 Å². The van der Waals surface area contributed by atoms with Gasteiger partial charge in [0.25, 0.3) is 0 Å². The SMILES string of the molecule is CC(C)C[C@H]1C(=O)N(C)[C@@H](Cc2ccccc2)C(=O)CCC(=O)N(C)[C@@H](Cc2ccccc2)C(=O)N(C)[C@@H](C)C(=O)N[C@@H]([C@@H](C)O)C(=O)N[C@H](C(=O)N(C)[C@@H](Cc2ccccc2)C(=O)N(C)[C@@H](Cc2ccccc2)C(=O)C[C@@H](C)C(=O)N2CCCCC2)CC(=O)N(C)CC(=O)N[C@@H](C(C)C)C(=O)N1C. The van der Waals surface area contributed by atoms with Crippen molar-refractivity contribution in [3.05, 3.63) is 144 Å². The number of carbonyl (C=O) groups excluding carboxylic acids is 13. The first-order chi connectivity index (χ1) is 49.2. The Bertz CT molecular complexity index is 3610. The summed E-state index contributed by atoms with van der Waals surface area (Å²) in [6.07, 6.45) is -0.957. The Morgan fingerprint density at radius 2 is 1.02 bits per heavy atom. The van der Waals surface area contributed by atoms with Gasteiger partial charge in [-0.05, 0) is 86.5 Å². The van der Waals surface area contributed by atoms with Crippen molar-refractivity contribution in [3.63, 3.8) is 0 Å². The average Bonchev–Trinajstić information content (AvgIpc) is 0.807. The van der Waals surface area contributed by atoms with Gasteiger partial charge >= 0.3 is 0 Å². The van der Waals surface area contributed by atoms with Gasteiger partial charge in [0.05, 0.1) is 31.2 Å². The number of Topliss-reactive ketones (excluding diaryl/α,β-unsaturated/α-hetero) is 2. The van der Waals surface area contributed by atoms with Crippen molar-refractivity contribution in [1.29, 1.82) is 0 Å². The lowest BCUT2D eigenvalue weighted by atomic mass is 9.92. The number of carbonyl (C=O) groups is 13. The second kappa shape index (κ2) is 39.3. The molecule has 0 unspecified atom stereocenters. The summed E-state index contributed by atoms with van der Waals surface area (Å²) in [4.78, 5) is 203. The van der Waals surface area contributed by atoms with E-state index in [0.29, 0.717) is 35.3 Å². The molecule has 0 radical (unpaired) electrons. The molecular weight excluding hydrogens is 1330 g/mol. The van der Waals surface area contributed by atoms with Gasteiger partial charge in [-0.2, -0.15) is 0 Å². The summed E-state index contributed by atoms with van der Waals surface area (Å²) < 4.78 is 0. The fourth-order valence-electron chi connectivity index (χ4n) is 13.3. The van der Waals surface area contributed by atoms with E-state index < -0.39 is 162 Å². The molecule has 11 atom stereocenters. The maximum Gasteiger partial charge on any atom is 0.246 e. The summed E-state index contributed by atoms with van der Waals surface area (Å²) in [6.45, 7) is 11.7. The van der Waals surface area contributed by atoms with E-state index in [-0.39, 0.29) is 56.8 Å². The van der Waals surface area contributed by atoms with Crippen LogP contribution in [0.2, 0.25) is 0 Å². The molecular formula is C79H109N11O14. The summed E-state index contributed by atoms with van der Waals surface area (Å²) in [6, 6.07) is 22.6. The van der Waals surface area contributed by atoms with E-state index in [9.17, 15) is 53.1 Å². The zero-order valence-corrected chi connectivity index (χ0v) is 63.0. The van der Waals surface area contributed by atoms with Crippen molar-refractivity contribution in [2.24, 2.45) is 17.8 Å². The minimum absolute atomic E-state index is 0.0349. The molecule has 2 fully saturated rings. The fraction of sp³-hybridized carbons (Fsp3) is 0.532. The van der Waals surface area contributed by atoms with Crippen molar-refractivity contribution in [3.8, 4) is 0 Å². The molecule has 564 valence electrons. The molecule has 2 saturated heterocycles. The van der Waals surface area contributed by atoms with Crippen LogP contribution in [0.15, 0.2) is 121 Å². The van der Waals surface area contributed by atoms with E-state index in [0.717, 1.165) is 34.0 Å². The highest BCUT2D eigenvalue weighted by atomic mass is 16.3. The monoisotopic (exact) mass is 1440 g/mol. The van der Waals surface area contributed by atoms with Gasteiger partial charge in [0.2, 0.25) is 65.0 Å². The van der Waals surface area contributed by atoms with Crippen molar-refractivity contribution in [1.82, 2.24) is 55.1 Å². The zero-order chi connectivity index (χ0) is 76.8. The first kappa shape index (κ1) is 83.3. The molecule has 6 rings (SSSR count). The maximum absolute atomic E-state index is 15.7. The summed E-state index contributed by atoms with van der Waals surface area (Å²) in [7, 11) is 9.61. The Morgan fingerprint density at radius 1 is 0.529 bits per heavy atom. The molecule has 104 heavy (non-hydrogen) atoms. The Labute approximate surface area is 612 Å². The molecule has 11 amide bonds. The van der Waals surface area contributed by atoms with Crippen LogP contribution in [0.4, 0.5) is 0 Å². The third kappa shape index (κ3) is 22.9. The second-order valence-electron chi connectivity index (χ2n) is 28.8. The Morgan fingerprint density at radius 3 is 1.53 bits per heavy atom. The van der Waals surface area contributed by atoms with Crippen LogP contribution in [0, 0.1) is 17.8 Å². The lowest BCUT2D eigenvalue weighted by Crippen LogP contribution is -2.62. The van der Waals surface area contributed by atoms with Crippen LogP contribution >= 0.6 is 0 Å². The van der Waals surface area contributed by atoms with Crippen LogP contribution in [-0.2, 0) is 88.0 Å². The van der Waals surface area contributed by atoms with Crippen molar-refractivity contribution in [2.45, 2.75) is 186 Å². The zero-order valence-electron chi connectivity index (χ0n) is 63.0. The highest BCUT2D eigenvalue weighted by Crippen LogP contribution is 2.25. The summed E-state index contributed by atoms with van der Waals surface area (Å²) in [5.41, 5.74) is 2.62. The number of nitrogens with one attached hydrogen (secondary N) is 3. The van der Waals surface area contributed by atoms with Crippen LogP contribution in [0.25, 0.3) is 0 Å². The number of ketones is 2. The van der Waals surface area contributed by atoms with Gasteiger partial charge < -0.3 is 60.3 Å². The topological polar surface area (TPSA) is 304 Å². The molecule has 2 aliphatic heterocycles. The summed E-state index contributed by atoms with van der Waals surface area (Å²) in [5, 5.41) is 19.2. The normalized spacial score (nSPS) is 22.2. The minimum Gasteiger partial charge on any atom is -0.391 e. The molecule has 0 saturated carbocycles. The van der Waals surface area contributed by atoms with Crippen LogP contribution in [-0.4, -0.2) is 250 Å². The number of rotatable bonds is 20. The van der Waals surface area contributed by atoms with E-state index in [2.05, 4.69) is 16.0 Å². The van der Waals surface area contributed by atoms with Crippen LogP contribution in [0.5, 0.6) is 0 Å². The maximum atomic E-state index is 15.7. The molecule has 0 bridgehead atoms. The Kier molecular flexibility index (Phi) is 31.5. The van der Waals surface area contributed by atoms with Crippen LogP contribution in [0.3, 0.4) is 0 Å². The number of aliphatic hydroxyl groups excluding tert-OH is 1.